The van der Waals surface area contributed by atoms with E-state index in [0.29, 0.717) is 12.0 Å². The van der Waals surface area contributed by atoms with Gasteiger partial charge in [-0.25, -0.2) is 5.01 Å². The van der Waals surface area contributed by atoms with Crippen molar-refractivity contribution in [3.05, 3.63) is 103 Å². The molecule has 0 bridgehead atoms. The van der Waals surface area contributed by atoms with E-state index in [-0.39, 0.29) is 0 Å². The number of H-pyrrole nitrogens is 1. The zero-order valence-corrected chi connectivity index (χ0v) is 26.3. The van der Waals surface area contributed by atoms with Gasteiger partial charge >= 0.3 is 0 Å². The Morgan fingerprint density at radius 1 is 0.864 bits per heavy atom. The number of hydrazone groups is 1. The Labute approximate surface area is 262 Å². The predicted octanol–water partition coefficient (Wildman–Crippen LogP) is 8.35. The number of aromatic amines is 1. The number of anilines is 3. The monoisotopic (exact) mass is 586 g/mol. The molecular weight excluding hydrogens is 540 g/mol. The third-order valence-electron chi connectivity index (χ3n) is 10.3. The molecule has 1 saturated carbocycles. The standard InChI is InChI=1S/C38H46N6/c1-4-28(2)44-29(3)43(27-40-44)37-17-15-36(16-18-37)42-23-21-41(22-24-42)35-13-8-30(9-14-35)5-6-31-7-10-33(25-31)34-12-11-32-19-20-39-38(32)26-34/h8-9,11-20,26-28,31,33,39H,3-7,10,21-25H2,1-2H3/t28?,31-,33?/m1/s1. The fourth-order valence-electron chi connectivity index (χ4n) is 7.36. The average molecular weight is 587 g/mol. The molecule has 6 heteroatoms. The predicted molar refractivity (Wildman–Crippen MR) is 186 cm³/mol. The number of aryl methyl sites for hydroxylation is 1. The summed E-state index contributed by atoms with van der Waals surface area (Å²) < 4.78 is 0. The topological polar surface area (TPSA) is 41.1 Å². The number of piperazine rings is 1. The molecule has 1 N–H and O–H groups in total. The van der Waals surface area contributed by atoms with Crippen molar-refractivity contribution >= 4 is 34.3 Å². The Balaban J connectivity index is 0.873. The van der Waals surface area contributed by atoms with Crippen LogP contribution in [0.4, 0.5) is 17.1 Å². The maximum absolute atomic E-state index is 4.57. The van der Waals surface area contributed by atoms with E-state index in [4.69, 9.17) is 0 Å². The summed E-state index contributed by atoms with van der Waals surface area (Å²) in [5.41, 5.74) is 8.00. The quantitative estimate of drug-likeness (QED) is 0.214. The van der Waals surface area contributed by atoms with Crippen LogP contribution in [0.15, 0.2) is 96.5 Å². The molecule has 2 aliphatic heterocycles. The van der Waals surface area contributed by atoms with Crippen LogP contribution in [-0.4, -0.2) is 48.6 Å². The molecule has 1 aliphatic carbocycles. The summed E-state index contributed by atoms with van der Waals surface area (Å²) in [5.74, 6) is 2.47. The van der Waals surface area contributed by atoms with Crippen molar-refractivity contribution in [3.63, 3.8) is 0 Å². The molecule has 1 saturated heterocycles. The van der Waals surface area contributed by atoms with Crippen LogP contribution in [0.2, 0.25) is 0 Å². The van der Waals surface area contributed by atoms with Gasteiger partial charge in [-0.3, -0.25) is 4.90 Å². The van der Waals surface area contributed by atoms with Crippen LogP contribution in [0.25, 0.3) is 10.9 Å². The molecule has 3 aliphatic rings. The van der Waals surface area contributed by atoms with Gasteiger partial charge in [0.1, 0.15) is 12.2 Å². The number of fused-ring (bicyclic) bond motifs is 1. The highest BCUT2D eigenvalue weighted by Crippen LogP contribution is 2.41. The lowest BCUT2D eigenvalue weighted by Crippen LogP contribution is -2.46. The lowest BCUT2D eigenvalue weighted by molar-refractivity contribution is 0.286. The van der Waals surface area contributed by atoms with Crippen molar-refractivity contribution in [2.75, 3.05) is 40.9 Å². The number of benzene rings is 3. The van der Waals surface area contributed by atoms with Crippen LogP contribution in [0, 0.1) is 5.92 Å². The molecule has 44 heavy (non-hydrogen) atoms. The Kier molecular flexibility index (Phi) is 8.07. The molecule has 228 valence electrons. The van der Waals surface area contributed by atoms with Gasteiger partial charge < -0.3 is 14.8 Å². The van der Waals surface area contributed by atoms with Crippen LogP contribution in [0.5, 0.6) is 0 Å². The zero-order valence-electron chi connectivity index (χ0n) is 26.3. The number of aromatic nitrogens is 1. The van der Waals surface area contributed by atoms with E-state index in [1.54, 1.807) is 0 Å². The maximum Gasteiger partial charge on any atom is 0.128 e. The molecule has 0 radical (unpaired) electrons. The van der Waals surface area contributed by atoms with Crippen LogP contribution in [-0.2, 0) is 6.42 Å². The first-order valence-electron chi connectivity index (χ1n) is 16.6. The van der Waals surface area contributed by atoms with Crippen molar-refractivity contribution in [2.24, 2.45) is 11.0 Å². The van der Waals surface area contributed by atoms with Gasteiger partial charge in [0.25, 0.3) is 0 Å². The summed E-state index contributed by atoms with van der Waals surface area (Å²) in [6.07, 6.45) is 11.5. The molecule has 0 spiro atoms. The van der Waals surface area contributed by atoms with E-state index in [1.807, 2.05) is 17.5 Å². The molecule has 6 nitrogen and oxygen atoms in total. The third kappa shape index (κ3) is 5.82. The van der Waals surface area contributed by atoms with Crippen LogP contribution < -0.4 is 14.7 Å². The SMILES string of the molecule is C=C1N(c2ccc(N3CCN(c4ccc(CC[C@@H]5CCC(c6ccc7cc[nH]c7c6)C5)cc4)CC3)cc2)C=NN1C(C)CC. The lowest BCUT2D eigenvalue weighted by atomic mass is 9.93. The van der Waals surface area contributed by atoms with Gasteiger partial charge in [0, 0.05) is 55.0 Å². The second kappa shape index (κ2) is 12.4. The highest BCUT2D eigenvalue weighted by molar-refractivity contribution is 5.85. The average Bonchev–Trinajstić information content (AvgIpc) is 3.84. The molecule has 7 rings (SSSR count). The molecule has 3 atom stereocenters. The first-order chi connectivity index (χ1) is 21.6. The number of nitrogens with zero attached hydrogens (tertiary/aromatic N) is 5. The number of nitrogens with one attached hydrogen (secondary N) is 1. The minimum Gasteiger partial charge on any atom is -0.368 e. The van der Waals surface area contributed by atoms with Gasteiger partial charge in [0.15, 0.2) is 0 Å². The van der Waals surface area contributed by atoms with Gasteiger partial charge in [0.05, 0.1) is 6.04 Å². The van der Waals surface area contributed by atoms with E-state index in [0.717, 1.165) is 50.0 Å². The smallest absolute Gasteiger partial charge is 0.128 e. The van der Waals surface area contributed by atoms with Gasteiger partial charge in [-0.05, 0) is 122 Å². The second-order valence-electron chi connectivity index (χ2n) is 13.0. The molecule has 3 heterocycles. The molecule has 3 aromatic carbocycles. The fraction of sp³-hybridized carbons (Fsp3) is 0.395. The third-order valence-corrected chi connectivity index (χ3v) is 10.3. The second-order valence-corrected chi connectivity index (χ2v) is 13.0. The van der Waals surface area contributed by atoms with E-state index < -0.39 is 0 Å². The summed E-state index contributed by atoms with van der Waals surface area (Å²) in [6, 6.07) is 27.8. The van der Waals surface area contributed by atoms with E-state index in [9.17, 15) is 0 Å². The van der Waals surface area contributed by atoms with Gasteiger partial charge in [0.2, 0.25) is 0 Å². The lowest BCUT2D eigenvalue weighted by Gasteiger charge is -2.37. The van der Waals surface area contributed by atoms with Crippen molar-refractivity contribution in [3.8, 4) is 0 Å². The first-order valence-corrected chi connectivity index (χ1v) is 16.6. The fourth-order valence-corrected chi connectivity index (χ4v) is 7.36. The van der Waals surface area contributed by atoms with E-state index >= 15 is 0 Å². The van der Waals surface area contributed by atoms with Crippen molar-refractivity contribution < 1.29 is 0 Å². The van der Waals surface area contributed by atoms with Crippen LogP contribution in [0.1, 0.15) is 63.0 Å². The van der Waals surface area contributed by atoms with Gasteiger partial charge in [-0.15, -0.1) is 0 Å². The Morgan fingerprint density at radius 3 is 2.25 bits per heavy atom. The summed E-state index contributed by atoms with van der Waals surface area (Å²) in [6.45, 7) is 12.8. The number of hydrogen-bond donors (Lipinski definition) is 1. The van der Waals surface area contributed by atoms with Gasteiger partial charge in [-0.1, -0.05) is 37.8 Å². The molecule has 1 aromatic heterocycles. The molecule has 4 aromatic rings. The summed E-state index contributed by atoms with van der Waals surface area (Å²) >= 11 is 0. The van der Waals surface area contributed by atoms with Crippen molar-refractivity contribution in [2.45, 2.75) is 64.3 Å². The van der Waals surface area contributed by atoms with Crippen LogP contribution >= 0.6 is 0 Å². The highest BCUT2D eigenvalue weighted by atomic mass is 15.6. The van der Waals surface area contributed by atoms with Crippen LogP contribution in [0.3, 0.4) is 0 Å². The summed E-state index contributed by atoms with van der Waals surface area (Å²) in [4.78, 5) is 10.5. The Bertz CT molecular complexity index is 1590. The van der Waals surface area contributed by atoms with Gasteiger partial charge in [-0.2, -0.15) is 5.10 Å². The maximum atomic E-state index is 4.57. The Morgan fingerprint density at radius 2 is 1.55 bits per heavy atom. The first kappa shape index (κ1) is 28.6. The zero-order chi connectivity index (χ0) is 30.0. The van der Waals surface area contributed by atoms with Crippen molar-refractivity contribution in [1.29, 1.82) is 0 Å². The summed E-state index contributed by atoms with van der Waals surface area (Å²) in [7, 11) is 0. The number of rotatable bonds is 9. The molecule has 0 amide bonds. The van der Waals surface area contributed by atoms with Crippen molar-refractivity contribution in [1.82, 2.24) is 9.99 Å². The molecule has 2 unspecified atom stereocenters. The normalized spacial score (nSPS) is 21.2. The van der Waals surface area contributed by atoms with E-state index in [1.165, 1.54) is 65.5 Å². The minimum atomic E-state index is 0.345. The molecule has 2 fully saturated rings. The summed E-state index contributed by atoms with van der Waals surface area (Å²) in [5, 5.41) is 7.89. The van der Waals surface area contributed by atoms with E-state index in [2.05, 4.69) is 118 Å². The Hall–Kier alpha value is -4.19. The molecular formula is C38H46N6. The highest BCUT2D eigenvalue weighted by Gasteiger charge is 2.27. The number of hydrogen-bond acceptors (Lipinski definition) is 5. The minimum absolute atomic E-state index is 0.345. The largest absolute Gasteiger partial charge is 0.368 e.